The molecule has 7 nitrogen and oxygen atoms in total. The standard InChI is InChI=1S/C23H34N4O3/c1-14(2)20(26-22(29)15(3)24)23(30)27-12-11-17-9-10-18(21(17)27)25-19(28)13-16-7-5-4-6-8-16/h4-8,14-15,17-18,20-21H,9-13,24H2,1-3H3,(H,25,28)(H,26,29)/t15-,17?,18?,20?,21?/m0/s1. The molecule has 3 amide bonds. The van der Waals surface area contributed by atoms with E-state index in [0.717, 1.165) is 24.8 Å². The Kier molecular flexibility index (Phi) is 7.13. The Bertz CT molecular complexity index is 765. The smallest absolute Gasteiger partial charge is 0.245 e. The third-order valence-electron chi connectivity index (χ3n) is 6.33. The van der Waals surface area contributed by atoms with E-state index in [9.17, 15) is 14.4 Å². The number of hydrogen-bond acceptors (Lipinski definition) is 4. The maximum Gasteiger partial charge on any atom is 0.245 e. The summed E-state index contributed by atoms with van der Waals surface area (Å²) in [6.07, 6.45) is 3.15. The summed E-state index contributed by atoms with van der Waals surface area (Å²) in [5.74, 6) is -0.0656. The van der Waals surface area contributed by atoms with Crippen molar-refractivity contribution in [3.05, 3.63) is 35.9 Å². The molecule has 30 heavy (non-hydrogen) atoms. The lowest BCUT2D eigenvalue weighted by Crippen LogP contribution is -2.58. The summed E-state index contributed by atoms with van der Waals surface area (Å²) in [6, 6.07) is 8.33. The van der Waals surface area contributed by atoms with Crippen molar-refractivity contribution >= 4 is 17.7 Å². The van der Waals surface area contributed by atoms with Gasteiger partial charge in [-0.05, 0) is 43.6 Å². The van der Waals surface area contributed by atoms with E-state index >= 15 is 0 Å². The Labute approximate surface area is 178 Å². The molecule has 5 atom stereocenters. The summed E-state index contributed by atoms with van der Waals surface area (Å²) in [5.41, 5.74) is 6.65. The fraction of sp³-hybridized carbons (Fsp3) is 0.609. The molecule has 164 valence electrons. The highest BCUT2D eigenvalue weighted by Crippen LogP contribution is 2.38. The first-order chi connectivity index (χ1) is 14.3. The Morgan fingerprint density at radius 2 is 1.80 bits per heavy atom. The maximum atomic E-state index is 13.4. The van der Waals surface area contributed by atoms with Gasteiger partial charge in [-0.25, -0.2) is 0 Å². The van der Waals surface area contributed by atoms with Crippen LogP contribution in [0.15, 0.2) is 30.3 Å². The topological polar surface area (TPSA) is 105 Å². The SMILES string of the molecule is CC(C)C(NC(=O)[C@H](C)N)C(=O)N1CCC2CCC(NC(=O)Cc3ccccc3)C21. The molecule has 1 saturated carbocycles. The second-order valence-electron chi connectivity index (χ2n) is 9.00. The van der Waals surface area contributed by atoms with Gasteiger partial charge in [0, 0.05) is 12.6 Å². The van der Waals surface area contributed by atoms with Crippen molar-refractivity contribution in [2.75, 3.05) is 6.54 Å². The van der Waals surface area contributed by atoms with Crippen molar-refractivity contribution in [3.8, 4) is 0 Å². The van der Waals surface area contributed by atoms with Gasteiger partial charge in [-0.2, -0.15) is 0 Å². The Morgan fingerprint density at radius 1 is 1.10 bits per heavy atom. The van der Waals surface area contributed by atoms with Crippen molar-refractivity contribution < 1.29 is 14.4 Å². The number of benzene rings is 1. The molecule has 0 aromatic heterocycles. The summed E-state index contributed by atoms with van der Waals surface area (Å²) in [4.78, 5) is 40.0. The Hall–Kier alpha value is -2.41. The van der Waals surface area contributed by atoms with Crippen molar-refractivity contribution in [1.82, 2.24) is 15.5 Å². The first-order valence-corrected chi connectivity index (χ1v) is 11.0. The zero-order chi connectivity index (χ0) is 21.8. The van der Waals surface area contributed by atoms with Gasteiger partial charge in [0.25, 0.3) is 0 Å². The van der Waals surface area contributed by atoms with Crippen LogP contribution >= 0.6 is 0 Å². The van der Waals surface area contributed by atoms with Crippen LogP contribution in [0.25, 0.3) is 0 Å². The predicted octanol–water partition coefficient (Wildman–Crippen LogP) is 1.21. The molecule has 0 bridgehead atoms. The second kappa shape index (κ2) is 9.60. The number of carbonyl (C=O) groups excluding carboxylic acids is 3. The Balaban J connectivity index is 1.67. The molecule has 2 fully saturated rings. The second-order valence-corrected chi connectivity index (χ2v) is 9.00. The largest absolute Gasteiger partial charge is 0.351 e. The van der Waals surface area contributed by atoms with E-state index in [1.165, 1.54) is 0 Å². The number of rotatable bonds is 7. The first kappa shape index (κ1) is 22.3. The van der Waals surface area contributed by atoms with Gasteiger partial charge >= 0.3 is 0 Å². The molecule has 2 aliphatic rings. The van der Waals surface area contributed by atoms with Crippen LogP contribution in [-0.2, 0) is 20.8 Å². The monoisotopic (exact) mass is 414 g/mol. The van der Waals surface area contributed by atoms with E-state index in [1.807, 2.05) is 49.1 Å². The van der Waals surface area contributed by atoms with Crippen LogP contribution in [0.1, 0.15) is 45.6 Å². The highest BCUT2D eigenvalue weighted by atomic mass is 16.2. The Morgan fingerprint density at radius 3 is 2.43 bits per heavy atom. The third kappa shape index (κ3) is 5.01. The van der Waals surface area contributed by atoms with Crippen LogP contribution in [-0.4, -0.2) is 53.3 Å². The first-order valence-electron chi connectivity index (χ1n) is 11.0. The highest BCUT2D eigenvalue weighted by Gasteiger charge is 2.48. The molecule has 1 saturated heterocycles. The molecule has 3 rings (SSSR count). The van der Waals surface area contributed by atoms with Gasteiger partial charge < -0.3 is 21.3 Å². The molecule has 4 unspecified atom stereocenters. The summed E-state index contributed by atoms with van der Waals surface area (Å²) in [5, 5.41) is 5.99. The fourth-order valence-corrected chi connectivity index (χ4v) is 4.74. The average Bonchev–Trinajstić information content (AvgIpc) is 3.29. The molecule has 7 heteroatoms. The molecular formula is C23H34N4O3. The van der Waals surface area contributed by atoms with Crippen LogP contribution in [0.4, 0.5) is 0 Å². The van der Waals surface area contributed by atoms with E-state index in [0.29, 0.717) is 18.9 Å². The van der Waals surface area contributed by atoms with E-state index in [2.05, 4.69) is 10.6 Å². The minimum atomic E-state index is -0.665. The molecule has 0 spiro atoms. The van der Waals surface area contributed by atoms with E-state index in [-0.39, 0.29) is 35.7 Å². The normalized spacial score (nSPS) is 25.0. The van der Waals surface area contributed by atoms with Gasteiger partial charge in [0.15, 0.2) is 0 Å². The van der Waals surface area contributed by atoms with Crippen molar-refractivity contribution in [2.45, 2.75) is 70.6 Å². The molecule has 0 radical (unpaired) electrons. The molecule has 1 aromatic carbocycles. The highest BCUT2D eigenvalue weighted by molar-refractivity contribution is 5.90. The van der Waals surface area contributed by atoms with Gasteiger partial charge in [0.05, 0.1) is 18.5 Å². The van der Waals surface area contributed by atoms with Gasteiger partial charge in [-0.15, -0.1) is 0 Å². The lowest BCUT2D eigenvalue weighted by molar-refractivity contribution is -0.139. The number of nitrogens with two attached hydrogens (primary N) is 1. The predicted molar refractivity (Wildman–Crippen MR) is 115 cm³/mol. The lowest BCUT2D eigenvalue weighted by Gasteiger charge is -2.34. The molecule has 1 aliphatic carbocycles. The van der Waals surface area contributed by atoms with Crippen molar-refractivity contribution in [3.63, 3.8) is 0 Å². The van der Waals surface area contributed by atoms with Crippen LogP contribution in [0, 0.1) is 11.8 Å². The van der Waals surface area contributed by atoms with Gasteiger partial charge in [-0.1, -0.05) is 44.2 Å². The van der Waals surface area contributed by atoms with Gasteiger partial charge in [0.1, 0.15) is 6.04 Å². The molecule has 4 N–H and O–H groups in total. The number of carbonyl (C=O) groups is 3. The number of nitrogens with one attached hydrogen (secondary N) is 2. The number of nitrogens with zero attached hydrogens (tertiary/aromatic N) is 1. The zero-order valence-corrected chi connectivity index (χ0v) is 18.1. The minimum absolute atomic E-state index is 0.00863. The van der Waals surface area contributed by atoms with Crippen LogP contribution in [0.3, 0.4) is 0 Å². The summed E-state index contributed by atoms with van der Waals surface area (Å²) in [6.45, 7) is 6.12. The van der Waals surface area contributed by atoms with Crippen LogP contribution in [0.5, 0.6) is 0 Å². The van der Waals surface area contributed by atoms with Gasteiger partial charge in [0.2, 0.25) is 17.7 Å². The molecule has 1 aromatic rings. The van der Waals surface area contributed by atoms with Crippen LogP contribution < -0.4 is 16.4 Å². The zero-order valence-electron chi connectivity index (χ0n) is 18.1. The number of amides is 3. The van der Waals surface area contributed by atoms with Crippen molar-refractivity contribution in [2.24, 2.45) is 17.6 Å². The number of fused-ring (bicyclic) bond motifs is 1. The van der Waals surface area contributed by atoms with E-state index in [4.69, 9.17) is 5.73 Å². The molecular weight excluding hydrogens is 380 g/mol. The summed E-state index contributed by atoms with van der Waals surface area (Å²) >= 11 is 0. The lowest BCUT2D eigenvalue weighted by atomic mass is 9.99. The third-order valence-corrected chi connectivity index (χ3v) is 6.33. The average molecular weight is 415 g/mol. The number of likely N-dealkylation sites (tertiary alicyclic amines) is 1. The number of hydrogen-bond donors (Lipinski definition) is 3. The van der Waals surface area contributed by atoms with E-state index in [1.54, 1.807) is 6.92 Å². The summed E-state index contributed by atoms with van der Waals surface area (Å²) in [7, 11) is 0. The van der Waals surface area contributed by atoms with E-state index < -0.39 is 12.1 Å². The minimum Gasteiger partial charge on any atom is -0.351 e. The quantitative estimate of drug-likeness (QED) is 0.624. The molecule has 1 heterocycles. The maximum absolute atomic E-state index is 13.4. The molecule has 1 aliphatic heterocycles. The fourth-order valence-electron chi connectivity index (χ4n) is 4.74. The summed E-state index contributed by atoms with van der Waals surface area (Å²) < 4.78 is 0. The van der Waals surface area contributed by atoms with Gasteiger partial charge in [-0.3, -0.25) is 14.4 Å². The van der Waals surface area contributed by atoms with Crippen LogP contribution in [0.2, 0.25) is 0 Å². The van der Waals surface area contributed by atoms with Crippen molar-refractivity contribution in [1.29, 1.82) is 0 Å².